The van der Waals surface area contributed by atoms with Gasteiger partial charge in [0.05, 0.1) is 11.6 Å². The molecular weight excluding hydrogens is 490 g/mol. The second-order valence-electron chi connectivity index (χ2n) is 10.4. The lowest BCUT2D eigenvalue weighted by atomic mass is 10.0. The molecule has 198 valence electrons. The standard InChI is InChI=1S/C28H36ClN5O3/c1-5-19-16-31-26-24(19)25(29)22(17-32-26)20-9-8-10-21(15-20)34-14-13-33(18-23(34)35)12-7-6-11-30-27(36)37-28(2,3)4/h8-10,15-17H,5-7,11-14,18H2,1-4H3,(H,30,36)(H,31,32). The second kappa shape index (κ2) is 11.5. The van der Waals surface area contributed by atoms with Crippen LogP contribution in [-0.2, 0) is 16.0 Å². The molecule has 1 aliphatic heterocycles. The van der Waals surface area contributed by atoms with Crippen molar-refractivity contribution in [2.45, 2.75) is 52.6 Å². The Kier molecular flexibility index (Phi) is 8.39. The molecule has 1 saturated heterocycles. The van der Waals surface area contributed by atoms with Gasteiger partial charge in [0.2, 0.25) is 5.91 Å². The first-order valence-corrected chi connectivity index (χ1v) is 13.3. The molecule has 0 aliphatic carbocycles. The molecule has 2 N–H and O–H groups in total. The number of alkyl carbamates (subject to hydrolysis) is 1. The molecule has 2 amide bonds. The number of ether oxygens (including phenoxy) is 1. The molecule has 0 radical (unpaired) electrons. The molecule has 0 spiro atoms. The highest BCUT2D eigenvalue weighted by molar-refractivity contribution is 6.38. The van der Waals surface area contributed by atoms with E-state index in [4.69, 9.17) is 16.3 Å². The van der Waals surface area contributed by atoms with E-state index in [-0.39, 0.29) is 5.91 Å². The Hall–Kier alpha value is -3.10. The van der Waals surface area contributed by atoms with Gasteiger partial charge in [-0.2, -0.15) is 0 Å². The van der Waals surface area contributed by atoms with E-state index in [0.29, 0.717) is 24.7 Å². The minimum absolute atomic E-state index is 0.0776. The van der Waals surface area contributed by atoms with Gasteiger partial charge in [-0.1, -0.05) is 30.7 Å². The van der Waals surface area contributed by atoms with Crippen LogP contribution in [-0.4, -0.2) is 65.2 Å². The Balaban J connectivity index is 1.33. The minimum Gasteiger partial charge on any atom is -0.444 e. The normalized spacial score (nSPS) is 14.8. The summed E-state index contributed by atoms with van der Waals surface area (Å²) in [5.74, 6) is 0.0776. The Labute approximate surface area is 223 Å². The van der Waals surface area contributed by atoms with Crippen molar-refractivity contribution in [2.75, 3.05) is 37.6 Å². The average molecular weight is 526 g/mol. The molecule has 37 heavy (non-hydrogen) atoms. The Morgan fingerprint density at radius 1 is 1.24 bits per heavy atom. The van der Waals surface area contributed by atoms with E-state index >= 15 is 0 Å². The van der Waals surface area contributed by atoms with Crippen molar-refractivity contribution >= 4 is 40.3 Å². The van der Waals surface area contributed by atoms with Crippen LogP contribution in [0.5, 0.6) is 0 Å². The highest BCUT2D eigenvalue weighted by atomic mass is 35.5. The lowest BCUT2D eigenvalue weighted by Crippen LogP contribution is -2.50. The van der Waals surface area contributed by atoms with Crippen LogP contribution in [0.1, 0.15) is 46.1 Å². The monoisotopic (exact) mass is 525 g/mol. The number of piperazine rings is 1. The molecule has 0 bridgehead atoms. The summed E-state index contributed by atoms with van der Waals surface area (Å²) in [5.41, 5.74) is 4.08. The summed E-state index contributed by atoms with van der Waals surface area (Å²) < 4.78 is 5.25. The topological polar surface area (TPSA) is 90.6 Å². The highest BCUT2D eigenvalue weighted by Crippen LogP contribution is 2.36. The van der Waals surface area contributed by atoms with Crippen LogP contribution >= 0.6 is 11.6 Å². The lowest BCUT2D eigenvalue weighted by molar-refractivity contribution is -0.121. The van der Waals surface area contributed by atoms with Gasteiger partial charge in [0.15, 0.2) is 0 Å². The number of rotatable bonds is 8. The first kappa shape index (κ1) is 26.9. The molecule has 3 heterocycles. The van der Waals surface area contributed by atoms with Crippen molar-refractivity contribution in [1.82, 2.24) is 20.2 Å². The van der Waals surface area contributed by atoms with Gasteiger partial charge >= 0.3 is 6.09 Å². The first-order chi connectivity index (χ1) is 17.7. The third kappa shape index (κ3) is 6.62. The van der Waals surface area contributed by atoms with Crippen LogP contribution in [0.4, 0.5) is 10.5 Å². The lowest BCUT2D eigenvalue weighted by Gasteiger charge is -2.34. The number of hydrogen-bond donors (Lipinski definition) is 2. The van der Waals surface area contributed by atoms with Gasteiger partial charge in [-0.3, -0.25) is 9.69 Å². The van der Waals surface area contributed by atoms with Crippen LogP contribution in [0.2, 0.25) is 5.02 Å². The van der Waals surface area contributed by atoms with Gasteiger partial charge in [-0.25, -0.2) is 9.78 Å². The summed E-state index contributed by atoms with van der Waals surface area (Å²) in [4.78, 5) is 36.5. The number of amides is 2. The second-order valence-corrected chi connectivity index (χ2v) is 10.8. The quantitative estimate of drug-likeness (QED) is 0.384. The number of H-pyrrole nitrogens is 1. The van der Waals surface area contributed by atoms with E-state index in [1.165, 1.54) is 0 Å². The van der Waals surface area contributed by atoms with Crippen molar-refractivity contribution in [3.05, 3.63) is 47.2 Å². The number of carbonyl (C=O) groups excluding carboxylic acids is 2. The maximum absolute atomic E-state index is 13.0. The van der Waals surface area contributed by atoms with E-state index in [1.807, 2.05) is 56.1 Å². The number of aromatic amines is 1. The highest BCUT2D eigenvalue weighted by Gasteiger charge is 2.25. The molecule has 0 saturated carbocycles. The number of halogens is 1. The van der Waals surface area contributed by atoms with Crippen LogP contribution in [0.15, 0.2) is 36.7 Å². The van der Waals surface area contributed by atoms with Crippen molar-refractivity contribution in [3.8, 4) is 11.1 Å². The van der Waals surface area contributed by atoms with Gasteiger partial charge in [0, 0.05) is 48.7 Å². The molecule has 1 aliphatic rings. The van der Waals surface area contributed by atoms with Crippen LogP contribution in [0, 0.1) is 0 Å². The van der Waals surface area contributed by atoms with Crippen LogP contribution < -0.4 is 10.2 Å². The van der Waals surface area contributed by atoms with E-state index in [9.17, 15) is 9.59 Å². The Bertz CT molecular complexity index is 1270. The zero-order chi connectivity index (χ0) is 26.6. The number of nitrogens with one attached hydrogen (secondary N) is 2. The smallest absolute Gasteiger partial charge is 0.407 e. The number of nitrogens with zero attached hydrogens (tertiary/aromatic N) is 3. The van der Waals surface area contributed by atoms with Crippen LogP contribution in [0.3, 0.4) is 0 Å². The third-order valence-corrected chi connectivity index (χ3v) is 6.83. The minimum atomic E-state index is -0.499. The summed E-state index contributed by atoms with van der Waals surface area (Å²) in [6.45, 7) is 10.8. The molecule has 8 nitrogen and oxygen atoms in total. The summed E-state index contributed by atoms with van der Waals surface area (Å²) in [5, 5.41) is 4.42. The number of aromatic nitrogens is 2. The van der Waals surface area contributed by atoms with Gasteiger partial charge in [0.1, 0.15) is 11.2 Å². The van der Waals surface area contributed by atoms with E-state index < -0.39 is 11.7 Å². The average Bonchev–Trinajstić information content (AvgIpc) is 3.27. The maximum atomic E-state index is 13.0. The SMILES string of the molecule is CCc1c[nH]c2ncc(-c3cccc(N4CCN(CCCCNC(=O)OC(C)(C)C)CC4=O)c3)c(Cl)c12. The zero-order valence-corrected chi connectivity index (χ0v) is 22.8. The summed E-state index contributed by atoms with van der Waals surface area (Å²) in [6, 6.07) is 7.94. The van der Waals surface area contributed by atoms with Crippen molar-refractivity contribution < 1.29 is 14.3 Å². The number of pyridine rings is 1. The summed E-state index contributed by atoms with van der Waals surface area (Å²) in [7, 11) is 0. The van der Waals surface area contributed by atoms with E-state index in [0.717, 1.165) is 65.8 Å². The fourth-order valence-corrected chi connectivity index (χ4v) is 4.96. The van der Waals surface area contributed by atoms with Crippen molar-refractivity contribution in [1.29, 1.82) is 0 Å². The fourth-order valence-electron chi connectivity index (χ4n) is 4.59. The molecule has 1 fully saturated rings. The number of fused-ring (bicyclic) bond motifs is 1. The third-order valence-electron chi connectivity index (χ3n) is 6.44. The summed E-state index contributed by atoms with van der Waals surface area (Å²) >= 11 is 6.83. The Morgan fingerprint density at radius 2 is 2.05 bits per heavy atom. The molecule has 9 heteroatoms. The molecule has 2 aromatic heterocycles. The Morgan fingerprint density at radius 3 is 2.78 bits per heavy atom. The molecule has 4 rings (SSSR count). The van der Waals surface area contributed by atoms with Gasteiger partial charge in [-0.05, 0) is 69.8 Å². The van der Waals surface area contributed by atoms with E-state index in [1.54, 1.807) is 6.20 Å². The molecular formula is C28H36ClN5O3. The fraction of sp³-hybridized carbons (Fsp3) is 0.464. The predicted molar refractivity (Wildman–Crippen MR) is 148 cm³/mol. The number of benzene rings is 1. The zero-order valence-electron chi connectivity index (χ0n) is 22.1. The molecule has 1 aromatic carbocycles. The van der Waals surface area contributed by atoms with Gasteiger partial charge in [0.25, 0.3) is 0 Å². The number of unbranched alkanes of at least 4 members (excludes halogenated alkanes) is 1. The largest absolute Gasteiger partial charge is 0.444 e. The van der Waals surface area contributed by atoms with Crippen molar-refractivity contribution in [2.24, 2.45) is 0 Å². The van der Waals surface area contributed by atoms with Crippen molar-refractivity contribution in [3.63, 3.8) is 0 Å². The number of aryl methyl sites for hydroxylation is 1. The number of anilines is 1. The number of hydrogen-bond acceptors (Lipinski definition) is 5. The number of carbonyl (C=O) groups is 2. The van der Waals surface area contributed by atoms with E-state index in [2.05, 4.69) is 27.1 Å². The predicted octanol–water partition coefficient (Wildman–Crippen LogP) is 5.40. The first-order valence-electron chi connectivity index (χ1n) is 12.9. The maximum Gasteiger partial charge on any atom is 0.407 e. The van der Waals surface area contributed by atoms with Gasteiger partial charge in [-0.15, -0.1) is 0 Å². The van der Waals surface area contributed by atoms with Gasteiger partial charge < -0.3 is 19.9 Å². The molecule has 3 aromatic rings. The molecule has 0 atom stereocenters. The van der Waals surface area contributed by atoms with Crippen LogP contribution in [0.25, 0.3) is 22.2 Å². The molecule has 0 unspecified atom stereocenters. The summed E-state index contributed by atoms with van der Waals surface area (Å²) in [6.07, 6.45) is 5.94.